The summed E-state index contributed by atoms with van der Waals surface area (Å²) in [4.78, 5) is 0. The minimum Gasteiger partial charge on any atom is -0.381 e. The smallest absolute Gasteiger partial charge is 0.129 e. The molecular weight excluding hydrogens is 247 g/mol. The lowest BCUT2D eigenvalue weighted by Gasteiger charge is -2.30. The van der Waals surface area contributed by atoms with Gasteiger partial charge >= 0.3 is 0 Å². The fourth-order valence-corrected chi connectivity index (χ4v) is 3.35. The molecule has 0 bridgehead atoms. The van der Waals surface area contributed by atoms with Gasteiger partial charge in [0.15, 0.2) is 0 Å². The highest BCUT2D eigenvalue weighted by Gasteiger charge is 2.22. The van der Waals surface area contributed by atoms with Gasteiger partial charge in [0.05, 0.1) is 11.6 Å². The number of hydrogen-bond acceptors (Lipinski definition) is 3. The van der Waals surface area contributed by atoms with Gasteiger partial charge in [-0.15, -0.1) is 0 Å². The van der Waals surface area contributed by atoms with Crippen LogP contribution in [0.1, 0.15) is 30.9 Å². The highest BCUT2D eigenvalue weighted by molar-refractivity contribution is 8.00. The van der Waals surface area contributed by atoms with E-state index < -0.39 is 0 Å². The Balaban J connectivity index is 2.23. The van der Waals surface area contributed by atoms with E-state index >= 15 is 0 Å². The summed E-state index contributed by atoms with van der Waals surface area (Å²) in [6.45, 7) is 3.95. The second kappa shape index (κ2) is 5.62. The van der Waals surface area contributed by atoms with E-state index in [1.165, 1.54) is 18.2 Å². The first-order chi connectivity index (χ1) is 8.61. The van der Waals surface area contributed by atoms with Crippen LogP contribution in [0.3, 0.4) is 0 Å². The van der Waals surface area contributed by atoms with Gasteiger partial charge in [-0.1, -0.05) is 6.92 Å². The molecule has 0 spiro atoms. The van der Waals surface area contributed by atoms with Crippen LogP contribution in [0.4, 0.5) is 10.1 Å². The molecule has 0 aromatic heterocycles. The summed E-state index contributed by atoms with van der Waals surface area (Å²) >= 11 is 1.94. The van der Waals surface area contributed by atoms with E-state index in [0.29, 0.717) is 22.4 Å². The van der Waals surface area contributed by atoms with Crippen LogP contribution < -0.4 is 5.32 Å². The highest BCUT2D eigenvalue weighted by Crippen LogP contribution is 2.29. The van der Waals surface area contributed by atoms with Crippen molar-refractivity contribution >= 4 is 17.4 Å². The molecular formula is C14H17FN2S. The monoisotopic (exact) mass is 264 g/mol. The lowest BCUT2D eigenvalue weighted by molar-refractivity contribution is 0.606. The lowest BCUT2D eigenvalue weighted by atomic mass is 10.1. The Morgan fingerprint density at radius 2 is 2.28 bits per heavy atom. The van der Waals surface area contributed by atoms with Crippen molar-refractivity contribution in [2.45, 2.75) is 38.0 Å². The first-order valence-corrected chi connectivity index (χ1v) is 7.25. The third-order valence-electron chi connectivity index (χ3n) is 3.42. The molecule has 2 nitrogen and oxygen atoms in total. The zero-order chi connectivity index (χ0) is 13.1. The van der Waals surface area contributed by atoms with Crippen molar-refractivity contribution in [2.75, 3.05) is 11.1 Å². The molecule has 1 N–H and O–H groups in total. The van der Waals surface area contributed by atoms with Crippen molar-refractivity contribution in [1.29, 1.82) is 5.26 Å². The zero-order valence-corrected chi connectivity index (χ0v) is 11.5. The Morgan fingerprint density at radius 3 is 2.94 bits per heavy atom. The quantitative estimate of drug-likeness (QED) is 0.884. The number of nitrogens with zero attached hydrogens (tertiary/aromatic N) is 1. The molecule has 2 atom stereocenters. The average Bonchev–Trinajstić information content (AvgIpc) is 2.37. The molecule has 1 fully saturated rings. The molecule has 0 amide bonds. The van der Waals surface area contributed by atoms with Gasteiger partial charge in [0.1, 0.15) is 5.82 Å². The van der Waals surface area contributed by atoms with Crippen molar-refractivity contribution in [3.8, 4) is 6.07 Å². The van der Waals surface area contributed by atoms with Crippen LogP contribution in [0.15, 0.2) is 12.1 Å². The van der Waals surface area contributed by atoms with Gasteiger partial charge in [-0.3, -0.25) is 0 Å². The predicted octanol–water partition coefficient (Wildman–Crippen LogP) is 3.70. The van der Waals surface area contributed by atoms with Gasteiger partial charge < -0.3 is 5.32 Å². The second-order valence-electron chi connectivity index (χ2n) is 4.71. The molecule has 1 heterocycles. The Kier molecular flexibility index (Phi) is 4.13. The van der Waals surface area contributed by atoms with Crippen molar-refractivity contribution in [1.82, 2.24) is 0 Å². The summed E-state index contributed by atoms with van der Waals surface area (Å²) in [5.41, 5.74) is 1.72. The van der Waals surface area contributed by atoms with E-state index in [-0.39, 0.29) is 5.82 Å². The van der Waals surface area contributed by atoms with Gasteiger partial charge in [0.25, 0.3) is 0 Å². The van der Waals surface area contributed by atoms with Crippen LogP contribution in [0, 0.1) is 24.1 Å². The van der Waals surface area contributed by atoms with Crippen molar-refractivity contribution in [3.63, 3.8) is 0 Å². The van der Waals surface area contributed by atoms with Crippen LogP contribution in [-0.4, -0.2) is 17.0 Å². The Labute approximate surface area is 112 Å². The maximum absolute atomic E-state index is 13.7. The molecule has 1 aromatic rings. The van der Waals surface area contributed by atoms with Crippen LogP contribution in [0.2, 0.25) is 0 Å². The van der Waals surface area contributed by atoms with Crippen LogP contribution in [-0.2, 0) is 0 Å². The fraction of sp³-hybridized carbons (Fsp3) is 0.500. The Morgan fingerprint density at radius 1 is 1.50 bits per heavy atom. The summed E-state index contributed by atoms with van der Waals surface area (Å²) in [7, 11) is 0. The molecule has 2 rings (SSSR count). The maximum atomic E-state index is 13.7. The van der Waals surface area contributed by atoms with Gasteiger partial charge in [-0.25, -0.2) is 4.39 Å². The SMILES string of the molecule is Cc1c(F)cc(C#N)cc1NC1CCCSC1C. The third kappa shape index (κ3) is 2.78. The van der Waals surface area contributed by atoms with Gasteiger partial charge in [-0.05, 0) is 37.7 Å². The molecule has 0 aliphatic carbocycles. The standard InChI is InChI=1S/C14H17FN2S/c1-9-12(15)6-11(8-16)7-14(9)17-13-4-3-5-18-10(13)2/h6-7,10,13,17H,3-5H2,1-2H3. The molecule has 1 aromatic carbocycles. The molecule has 1 saturated heterocycles. The fourth-order valence-electron chi connectivity index (χ4n) is 2.21. The van der Waals surface area contributed by atoms with E-state index in [0.717, 1.165) is 12.1 Å². The van der Waals surface area contributed by atoms with E-state index in [4.69, 9.17) is 5.26 Å². The number of halogens is 1. The first kappa shape index (κ1) is 13.2. The average molecular weight is 264 g/mol. The van der Waals surface area contributed by atoms with Crippen molar-refractivity contribution < 1.29 is 4.39 Å². The minimum absolute atomic E-state index is 0.312. The Bertz CT molecular complexity index is 481. The number of anilines is 1. The zero-order valence-electron chi connectivity index (χ0n) is 10.7. The predicted molar refractivity (Wildman–Crippen MR) is 74.4 cm³/mol. The third-order valence-corrected chi connectivity index (χ3v) is 4.80. The summed E-state index contributed by atoms with van der Waals surface area (Å²) in [5, 5.41) is 12.8. The summed E-state index contributed by atoms with van der Waals surface area (Å²) in [6.07, 6.45) is 2.29. The topological polar surface area (TPSA) is 35.8 Å². The number of nitrogens with one attached hydrogen (secondary N) is 1. The van der Waals surface area contributed by atoms with Gasteiger partial charge in [0.2, 0.25) is 0 Å². The van der Waals surface area contributed by atoms with E-state index in [2.05, 4.69) is 12.2 Å². The summed E-state index contributed by atoms with van der Waals surface area (Å²) in [6, 6.07) is 5.39. The Hall–Kier alpha value is -1.21. The van der Waals surface area contributed by atoms with E-state index in [9.17, 15) is 4.39 Å². The number of rotatable bonds is 2. The maximum Gasteiger partial charge on any atom is 0.129 e. The van der Waals surface area contributed by atoms with Gasteiger partial charge in [0, 0.05) is 22.5 Å². The number of benzene rings is 1. The van der Waals surface area contributed by atoms with Gasteiger partial charge in [-0.2, -0.15) is 17.0 Å². The minimum atomic E-state index is -0.312. The first-order valence-electron chi connectivity index (χ1n) is 6.20. The molecule has 2 unspecified atom stereocenters. The van der Waals surface area contributed by atoms with E-state index in [1.807, 2.05) is 17.8 Å². The van der Waals surface area contributed by atoms with Crippen molar-refractivity contribution in [3.05, 3.63) is 29.1 Å². The lowest BCUT2D eigenvalue weighted by Crippen LogP contribution is -2.33. The second-order valence-corrected chi connectivity index (χ2v) is 6.20. The molecule has 1 aliphatic rings. The molecule has 4 heteroatoms. The molecule has 18 heavy (non-hydrogen) atoms. The summed E-state index contributed by atoms with van der Waals surface area (Å²) < 4.78 is 13.7. The normalized spacial score (nSPS) is 23.4. The van der Waals surface area contributed by atoms with Crippen LogP contribution >= 0.6 is 11.8 Å². The molecule has 0 saturated carbocycles. The molecule has 0 radical (unpaired) electrons. The van der Waals surface area contributed by atoms with Crippen molar-refractivity contribution in [2.24, 2.45) is 0 Å². The number of hydrogen-bond donors (Lipinski definition) is 1. The summed E-state index contributed by atoms with van der Waals surface area (Å²) in [5.74, 6) is 0.887. The van der Waals surface area contributed by atoms with Crippen LogP contribution in [0.5, 0.6) is 0 Å². The largest absolute Gasteiger partial charge is 0.381 e. The molecule has 96 valence electrons. The number of thioether (sulfide) groups is 1. The number of nitriles is 1. The van der Waals surface area contributed by atoms with E-state index in [1.54, 1.807) is 13.0 Å². The highest BCUT2D eigenvalue weighted by atomic mass is 32.2. The van der Waals surface area contributed by atoms with Crippen LogP contribution in [0.25, 0.3) is 0 Å². The molecule has 1 aliphatic heterocycles.